The lowest BCUT2D eigenvalue weighted by molar-refractivity contribution is 1.07. The van der Waals surface area contributed by atoms with Gasteiger partial charge in [-0.15, -0.1) is 0 Å². The van der Waals surface area contributed by atoms with Gasteiger partial charge in [0.2, 0.25) is 0 Å². The second kappa shape index (κ2) is 7.40. The van der Waals surface area contributed by atoms with Crippen molar-refractivity contribution >= 4 is 0 Å². The fraction of sp³-hybridized carbons (Fsp3) is 0.407. The molecule has 2 aromatic heterocycles. The molecule has 3 rings (SSSR count). The maximum atomic E-state index is 5.26. The highest BCUT2D eigenvalue weighted by Crippen LogP contribution is 2.36. The molecule has 0 saturated carbocycles. The summed E-state index contributed by atoms with van der Waals surface area (Å²) >= 11 is 0. The number of pyridine rings is 2. The predicted molar refractivity (Wildman–Crippen MR) is 125 cm³/mol. The number of nitrogens with zero attached hydrogens (tertiary/aromatic N) is 2. The zero-order chi connectivity index (χ0) is 21.8. The number of rotatable bonds is 2. The van der Waals surface area contributed by atoms with Crippen LogP contribution in [0.5, 0.6) is 0 Å². The number of hydrogen-bond acceptors (Lipinski definition) is 2. The molecule has 2 heterocycles. The highest BCUT2D eigenvalue weighted by molar-refractivity contribution is 5.76. The Bertz CT molecular complexity index is 1060. The number of aryl methyl sites for hydroxylation is 2. The predicted octanol–water partition coefficient (Wildman–Crippen LogP) is 7.20. The molecule has 0 amide bonds. The van der Waals surface area contributed by atoms with Gasteiger partial charge in [-0.05, 0) is 138 Å². The van der Waals surface area contributed by atoms with Crippen LogP contribution in [0.4, 0.5) is 0 Å². The van der Waals surface area contributed by atoms with Crippen LogP contribution in [0.3, 0.4) is 0 Å². The van der Waals surface area contributed by atoms with Gasteiger partial charge in [0.25, 0.3) is 0 Å². The molecule has 0 radical (unpaired) electrons. The molecule has 2 nitrogen and oxygen atoms in total. The molecule has 3 aromatic rings. The van der Waals surface area contributed by atoms with Gasteiger partial charge in [-0.3, -0.25) is 4.98 Å². The molecule has 2 heteroatoms. The standard InChI is InChI=1S/C27H34N2/c1-13-12-24(19(7)15(3)14(13)2)25-20(8)17(5)22(10)27(29-25)26-21(9)16(4)18(6)23(11)28-26/h12H,1-11H3. The first-order valence-corrected chi connectivity index (χ1v) is 10.5. The first kappa shape index (κ1) is 21.2. The molecule has 0 atom stereocenters. The van der Waals surface area contributed by atoms with E-state index in [1.807, 2.05) is 0 Å². The molecular weight excluding hydrogens is 352 g/mol. The third-order valence-corrected chi connectivity index (χ3v) is 7.32. The molecule has 0 aliphatic carbocycles. The fourth-order valence-corrected chi connectivity index (χ4v) is 4.16. The van der Waals surface area contributed by atoms with Crippen molar-refractivity contribution in [3.8, 4) is 22.6 Å². The van der Waals surface area contributed by atoms with E-state index in [0.29, 0.717) is 0 Å². The molecule has 0 unspecified atom stereocenters. The molecule has 1 aromatic carbocycles. The minimum Gasteiger partial charge on any atom is -0.251 e. The van der Waals surface area contributed by atoms with Crippen molar-refractivity contribution in [3.05, 3.63) is 67.4 Å². The molecule has 0 fully saturated rings. The molecule has 0 aliphatic heterocycles. The summed E-state index contributed by atoms with van der Waals surface area (Å²) in [5.74, 6) is 0. The van der Waals surface area contributed by atoms with Gasteiger partial charge in [0.1, 0.15) is 0 Å². The number of benzene rings is 1. The van der Waals surface area contributed by atoms with Gasteiger partial charge in [0.05, 0.1) is 17.1 Å². The third kappa shape index (κ3) is 3.29. The zero-order valence-corrected chi connectivity index (χ0v) is 20.0. The monoisotopic (exact) mass is 386 g/mol. The van der Waals surface area contributed by atoms with Gasteiger partial charge < -0.3 is 0 Å². The average molecular weight is 387 g/mol. The maximum Gasteiger partial charge on any atom is 0.0928 e. The van der Waals surface area contributed by atoms with E-state index in [0.717, 1.165) is 22.8 Å². The fourth-order valence-electron chi connectivity index (χ4n) is 4.16. The Morgan fingerprint density at radius 2 is 0.862 bits per heavy atom. The molecule has 0 N–H and O–H groups in total. The second-order valence-electron chi connectivity index (χ2n) is 8.72. The maximum absolute atomic E-state index is 5.26. The van der Waals surface area contributed by atoms with Crippen LogP contribution in [0.1, 0.15) is 61.3 Å². The summed E-state index contributed by atoms with van der Waals surface area (Å²) < 4.78 is 0. The van der Waals surface area contributed by atoms with Crippen LogP contribution in [0.2, 0.25) is 0 Å². The Morgan fingerprint density at radius 3 is 1.45 bits per heavy atom. The van der Waals surface area contributed by atoms with E-state index in [1.54, 1.807) is 0 Å². The van der Waals surface area contributed by atoms with Gasteiger partial charge in [-0.2, -0.15) is 0 Å². The van der Waals surface area contributed by atoms with Crippen LogP contribution in [-0.4, -0.2) is 9.97 Å². The van der Waals surface area contributed by atoms with Crippen LogP contribution >= 0.6 is 0 Å². The lowest BCUT2D eigenvalue weighted by Crippen LogP contribution is -2.06. The average Bonchev–Trinajstić information content (AvgIpc) is 2.69. The second-order valence-corrected chi connectivity index (χ2v) is 8.72. The summed E-state index contributed by atoms with van der Waals surface area (Å²) in [6.45, 7) is 24.0. The Morgan fingerprint density at radius 1 is 0.414 bits per heavy atom. The van der Waals surface area contributed by atoms with Gasteiger partial charge in [-0.25, -0.2) is 4.98 Å². The summed E-state index contributed by atoms with van der Waals surface area (Å²) in [4.78, 5) is 10.2. The Kier molecular flexibility index (Phi) is 5.42. The van der Waals surface area contributed by atoms with E-state index < -0.39 is 0 Å². The Labute approximate surface area is 176 Å². The van der Waals surface area contributed by atoms with E-state index in [-0.39, 0.29) is 0 Å². The van der Waals surface area contributed by atoms with E-state index >= 15 is 0 Å². The van der Waals surface area contributed by atoms with Gasteiger partial charge in [0, 0.05) is 11.3 Å². The minimum atomic E-state index is 1.02. The third-order valence-electron chi connectivity index (χ3n) is 7.32. The topological polar surface area (TPSA) is 25.8 Å². The first-order chi connectivity index (χ1) is 13.5. The summed E-state index contributed by atoms with van der Waals surface area (Å²) in [7, 11) is 0. The quantitative estimate of drug-likeness (QED) is 0.465. The van der Waals surface area contributed by atoms with Crippen LogP contribution in [0.15, 0.2) is 6.07 Å². The minimum absolute atomic E-state index is 1.02. The summed E-state index contributed by atoms with van der Waals surface area (Å²) in [6, 6.07) is 2.30. The van der Waals surface area contributed by atoms with Crippen LogP contribution in [0.25, 0.3) is 22.6 Å². The number of aromatic nitrogens is 2. The lowest BCUT2D eigenvalue weighted by atomic mass is 9.89. The Hall–Kier alpha value is -2.48. The van der Waals surface area contributed by atoms with Crippen molar-refractivity contribution in [3.63, 3.8) is 0 Å². The van der Waals surface area contributed by atoms with E-state index in [9.17, 15) is 0 Å². The molecule has 0 saturated heterocycles. The van der Waals surface area contributed by atoms with Crippen LogP contribution < -0.4 is 0 Å². The van der Waals surface area contributed by atoms with E-state index in [4.69, 9.17) is 9.97 Å². The molecule has 0 spiro atoms. The molecule has 29 heavy (non-hydrogen) atoms. The van der Waals surface area contributed by atoms with Gasteiger partial charge in [0.15, 0.2) is 0 Å². The summed E-state index contributed by atoms with van der Waals surface area (Å²) in [5, 5.41) is 0. The van der Waals surface area contributed by atoms with Crippen LogP contribution in [0, 0.1) is 76.2 Å². The first-order valence-electron chi connectivity index (χ1n) is 10.5. The normalized spacial score (nSPS) is 11.3. The SMILES string of the molecule is Cc1cc(-c2nc(-c3nc(C)c(C)c(C)c3C)c(C)c(C)c2C)c(C)c(C)c1C. The zero-order valence-electron chi connectivity index (χ0n) is 20.0. The van der Waals surface area contributed by atoms with E-state index in [2.05, 4.69) is 82.2 Å². The molecule has 0 bridgehead atoms. The summed E-state index contributed by atoms with van der Waals surface area (Å²) in [5.41, 5.74) is 18.4. The van der Waals surface area contributed by atoms with Crippen molar-refractivity contribution in [1.29, 1.82) is 0 Å². The van der Waals surface area contributed by atoms with Gasteiger partial charge >= 0.3 is 0 Å². The van der Waals surface area contributed by atoms with E-state index in [1.165, 1.54) is 61.2 Å². The highest BCUT2D eigenvalue weighted by Gasteiger charge is 2.20. The van der Waals surface area contributed by atoms with Crippen molar-refractivity contribution in [2.75, 3.05) is 0 Å². The van der Waals surface area contributed by atoms with Crippen molar-refractivity contribution < 1.29 is 0 Å². The van der Waals surface area contributed by atoms with Gasteiger partial charge in [-0.1, -0.05) is 0 Å². The van der Waals surface area contributed by atoms with Crippen LogP contribution in [-0.2, 0) is 0 Å². The highest BCUT2D eigenvalue weighted by atomic mass is 14.8. The Balaban J connectivity index is 2.40. The summed E-state index contributed by atoms with van der Waals surface area (Å²) in [6.07, 6.45) is 0. The van der Waals surface area contributed by atoms with Crippen molar-refractivity contribution in [2.24, 2.45) is 0 Å². The largest absolute Gasteiger partial charge is 0.251 e. The smallest absolute Gasteiger partial charge is 0.0928 e. The van der Waals surface area contributed by atoms with Crippen molar-refractivity contribution in [1.82, 2.24) is 9.97 Å². The molecular formula is C27H34N2. The lowest BCUT2D eigenvalue weighted by Gasteiger charge is -2.21. The molecule has 0 aliphatic rings. The van der Waals surface area contributed by atoms with Crippen molar-refractivity contribution in [2.45, 2.75) is 76.2 Å². The number of hydrogen-bond donors (Lipinski definition) is 0. The molecule has 152 valence electrons.